The summed E-state index contributed by atoms with van der Waals surface area (Å²) < 4.78 is 10.7. The predicted octanol–water partition coefficient (Wildman–Crippen LogP) is 3.43. The van der Waals surface area contributed by atoms with Crippen molar-refractivity contribution in [2.75, 3.05) is 6.79 Å². The van der Waals surface area contributed by atoms with Crippen molar-refractivity contribution in [1.29, 1.82) is 0 Å². The molecule has 134 valence electrons. The molecule has 3 N–H and O–H groups in total. The molecule has 0 spiro atoms. The summed E-state index contributed by atoms with van der Waals surface area (Å²) in [5, 5.41) is 4.18. The summed E-state index contributed by atoms with van der Waals surface area (Å²) in [6.07, 6.45) is 3.75. The van der Waals surface area contributed by atoms with Crippen molar-refractivity contribution in [2.45, 2.75) is 20.8 Å². The highest BCUT2D eigenvalue weighted by Gasteiger charge is 2.13. The fraction of sp³-hybridized carbons (Fsp3) is 0.200. The highest BCUT2D eigenvalue weighted by molar-refractivity contribution is 6.12. The standard InChI is InChI=1S/C20H21N3O3/c1-12-8-13(2)19(14(3)9-12)16(22-23-20(21)24)6-4-15-5-7-17-18(10-15)26-11-25-17/h4-10H,11H2,1-3H3,(H3,21,23,24)/b6-4+,22-16-. The lowest BCUT2D eigenvalue weighted by atomic mass is 9.95. The molecule has 0 aromatic heterocycles. The molecule has 0 atom stereocenters. The van der Waals surface area contributed by atoms with Crippen LogP contribution in [0.4, 0.5) is 4.79 Å². The molecule has 0 saturated heterocycles. The van der Waals surface area contributed by atoms with Crippen LogP contribution < -0.4 is 20.6 Å². The molecule has 1 aliphatic heterocycles. The quantitative estimate of drug-likeness (QED) is 0.654. The van der Waals surface area contributed by atoms with E-state index >= 15 is 0 Å². The van der Waals surface area contributed by atoms with Gasteiger partial charge in [-0.2, -0.15) is 5.10 Å². The first kappa shape index (κ1) is 17.5. The van der Waals surface area contributed by atoms with Crippen molar-refractivity contribution < 1.29 is 14.3 Å². The zero-order valence-corrected chi connectivity index (χ0v) is 15.0. The summed E-state index contributed by atoms with van der Waals surface area (Å²) in [7, 11) is 0. The number of allylic oxidation sites excluding steroid dienone is 1. The summed E-state index contributed by atoms with van der Waals surface area (Å²) in [6.45, 7) is 6.32. The number of hydrazone groups is 1. The molecule has 0 unspecified atom stereocenters. The van der Waals surface area contributed by atoms with E-state index in [2.05, 4.69) is 22.7 Å². The number of carbonyl (C=O) groups is 1. The molecule has 6 heteroatoms. The van der Waals surface area contributed by atoms with Gasteiger partial charge in [-0.15, -0.1) is 0 Å². The minimum Gasteiger partial charge on any atom is -0.454 e. The van der Waals surface area contributed by atoms with Gasteiger partial charge in [-0.05, 0) is 55.7 Å². The Bertz CT molecular complexity index is 894. The average molecular weight is 351 g/mol. The molecular formula is C20H21N3O3. The Morgan fingerprint density at radius 3 is 2.50 bits per heavy atom. The lowest BCUT2D eigenvalue weighted by Gasteiger charge is -2.11. The first-order valence-corrected chi connectivity index (χ1v) is 8.23. The Morgan fingerprint density at radius 2 is 1.81 bits per heavy atom. The largest absolute Gasteiger partial charge is 0.454 e. The van der Waals surface area contributed by atoms with Crippen LogP contribution in [0.15, 0.2) is 41.5 Å². The number of nitrogens with one attached hydrogen (secondary N) is 1. The van der Waals surface area contributed by atoms with Gasteiger partial charge in [0, 0.05) is 5.56 Å². The second-order valence-corrected chi connectivity index (χ2v) is 6.19. The van der Waals surface area contributed by atoms with Crippen molar-refractivity contribution in [1.82, 2.24) is 5.43 Å². The Hall–Kier alpha value is -3.28. The van der Waals surface area contributed by atoms with E-state index in [-0.39, 0.29) is 6.79 Å². The molecule has 0 saturated carbocycles. The second-order valence-electron chi connectivity index (χ2n) is 6.19. The normalized spacial score (nSPS) is 13.3. The molecule has 1 heterocycles. The number of urea groups is 1. The van der Waals surface area contributed by atoms with Crippen LogP contribution in [-0.4, -0.2) is 18.5 Å². The summed E-state index contributed by atoms with van der Waals surface area (Å²) in [5.74, 6) is 1.44. The minimum absolute atomic E-state index is 0.236. The highest BCUT2D eigenvalue weighted by Crippen LogP contribution is 2.32. The number of nitrogens with zero attached hydrogens (tertiary/aromatic N) is 1. The van der Waals surface area contributed by atoms with E-state index in [1.54, 1.807) is 0 Å². The average Bonchev–Trinajstić information content (AvgIpc) is 3.03. The number of fused-ring (bicyclic) bond motifs is 1. The smallest absolute Gasteiger partial charge is 0.332 e. The van der Waals surface area contributed by atoms with E-state index in [9.17, 15) is 4.79 Å². The molecule has 2 aromatic carbocycles. The van der Waals surface area contributed by atoms with E-state index in [0.717, 1.165) is 28.0 Å². The molecule has 3 rings (SSSR count). The first-order valence-electron chi connectivity index (χ1n) is 8.23. The molecule has 0 radical (unpaired) electrons. The Balaban J connectivity index is 1.97. The lowest BCUT2D eigenvalue weighted by molar-refractivity contribution is 0.174. The number of nitrogens with two attached hydrogens (primary N) is 1. The van der Waals surface area contributed by atoms with E-state index in [1.165, 1.54) is 5.56 Å². The minimum atomic E-state index is -0.707. The zero-order valence-electron chi connectivity index (χ0n) is 15.0. The predicted molar refractivity (Wildman–Crippen MR) is 102 cm³/mol. The second kappa shape index (κ2) is 7.31. The zero-order chi connectivity index (χ0) is 18.7. The summed E-state index contributed by atoms with van der Waals surface area (Å²) in [6, 6.07) is 9.14. The molecule has 0 bridgehead atoms. The van der Waals surface area contributed by atoms with Gasteiger partial charge in [0.1, 0.15) is 0 Å². The molecular weight excluding hydrogens is 330 g/mol. The summed E-state index contributed by atoms with van der Waals surface area (Å²) >= 11 is 0. The maximum atomic E-state index is 11.1. The molecule has 0 fully saturated rings. The number of aryl methyl sites for hydroxylation is 3. The van der Waals surface area contributed by atoms with Crippen LogP contribution in [-0.2, 0) is 0 Å². The number of hydrogen-bond acceptors (Lipinski definition) is 4. The first-order chi connectivity index (χ1) is 12.4. The number of ether oxygens (including phenoxy) is 2. The maximum absolute atomic E-state index is 11.1. The van der Waals surface area contributed by atoms with Crippen molar-refractivity contribution >= 4 is 17.8 Å². The Kier molecular flexibility index (Phi) is 4.93. The van der Waals surface area contributed by atoms with Gasteiger partial charge >= 0.3 is 6.03 Å². The van der Waals surface area contributed by atoms with Crippen LogP contribution in [0.2, 0.25) is 0 Å². The number of amides is 2. The van der Waals surface area contributed by atoms with Crippen molar-refractivity contribution in [3.05, 3.63) is 64.2 Å². The van der Waals surface area contributed by atoms with E-state index in [0.29, 0.717) is 11.5 Å². The molecule has 6 nitrogen and oxygen atoms in total. The lowest BCUT2D eigenvalue weighted by Crippen LogP contribution is -2.26. The van der Waals surface area contributed by atoms with Crippen LogP contribution in [0.1, 0.15) is 27.8 Å². The fourth-order valence-electron chi connectivity index (χ4n) is 3.07. The molecule has 1 aliphatic rings. The van der Waals surface area contributed by atoms with Gasteiger partial charge < -0.3 is 15.2 Å². The van der Waals surface area contributed by atoms with Crippen molar-refractivity contribution in [3.63, 3.8) is 0 Å². The third-order valence-electron chi connectivity index (χ3n) is 4.05. The Morgan fingerprint density at radius 1 is 1.12 bits per heavy atom. The molecule has 2 amide bonds. The maximum Gasteiger partial charge on any atom is 0.332 e. The van der Waals surface area contributed by atoms with Crippen LogP contribution >= 0.6 is 0 Å². The van der Waals surface area contributed by atoms with Gasteiger partial charge in [0.05, 0.1) is 5.71 Å². The van der Waals surface area contributed by atoms with Crippen molar-refractivity contribution in [3.8, 4) is 11.5 Å². The number of primary amides is 1. The highest BCUT2D eigenvalue weighted by atomic mass is 16.7. The van der Waals surface area contributed by atoms with Gasteiger partial charge in [0.15, 0.2) is 11.5 Å². The van der Waals surface area contributed by atoms with Crippen LogP contribution in [0, 0.1) is 20.8 Å². The van der Waals surface area contributed by atoms with E-state index in [1.807, 2.05) is 51.1 Å². The third kappa shape index (κ3) is 3.85. The molecule has 0 aliphatic carbocycles. The number of hydrogen-bond donors (Lipinski definition) is 2. The molecule has 26 heavy (non-hydrogen) atoms. The monoisotopic (exact) mass is 351 g/mol. The van der Waals surface area contributed by atoms with Gasteiger partial charge in [0.25, 0.3) is 0 Å². The van der Waals surface area contributed by atoms with Gasteiger partial charge in [-0.25, -0.2) is 10.2 Å². The van der Waals surface area contributed by atoms with Crippen LogP contribution in [0.25, 0.3) is 6.08 Å². The third-order valence-corrected chi connectivity index (χ3v) is 4.05. The Labute approximate surface area is 152 Å². The summed E-state index contributed by atoms with van der Waals surface area (Å²) in [5.41, 5.74) is 13.3. The topological polar surface area (TPSA) is 85.9 Å². The van der Waals surface area contributed by atoms with Gasteiger partial charge in [-0.1, -0.05) is 29.8 Å². The number of carbonyl (C=O) groups excluding carboxylic acids is 1. The van der Waals surface area contributed by atoms with Crippen LogP contribution in [0.5, 0.6) is 11.5 Å². The number of benzene rings is 2. The number of rotatable bonds is 4. The van der Waals surface area contributed by atoms with E-state index in [4.69, 9.17) is 15.2 Å². The molecule has 2 aromatic rings. The van der Waals surface area contributed by atoms with Crippen molar-refractivity contribution in [2.24, 2.45) is 10.8 Å². The summed E-state index contributed by atoms with van der Waals surface area (Å²) in [4.78, 5) is 11.1. The van der Waals surface area contributed by atoms with Gasteiger partial charge in [0.2, 0.25) is 6.79 Å². The SMILES string of the molecule is Cc1cc(C)c(C(/C=C/c2ccc3c(c2)OCO3)=N\NC(N)=O)c(C)c1. The van der Waals surface area contributed by atoms with E-state index < -0.39 is 6.03 Å². The van der Waals surface area contributed by atoms with Crippen LogP contribution in [0.3, 0.4) is 0 Å². The fourth-order valence-corrected chi connectivity index (χ4v) is 3.07. The van der Waals surface area contributed by atoms with Gasteiger partial charge in [-0.3, -0.25) is 0 Å².